The average molecular weight is 354 g/mol. The first-order valence-corrected chi connectivity index (χ1v) is 8.40. The molecule has 0 spiro atoms. The van der Waals surface area contributed by atoms with E-state index in [1.54, 1.807) is 23.1 Å². The van der Waals surface area contributed by atoms with Gasteiger partial charge in [-0.15, -0.1) is 0 Å². The number of nitrogens with one attached hydrogen (secondary N) is 1. The van der Waals surface area contributed by atoms with Gasteiger partial charge in [-0.1, -0.05) is 48.5 Å². The highest BCUT2D eigenvalue weighted by atomic mass is 16.4. The summed E-state index contributed by atoms with van der Waals surface area (Å²) in [6.45, 7) is 2.78. The van der Waals surface area contributed by atoms with Crippen molar-refractivity contribution in [1.82, 2.24) is 10.2 Å². The zero-order valence-electron chi connectivity index (χ0n) is 14.6. The molecule has 0 saturated heterocycles. The number of carboxylic acid groups (broad SMARTS) is 1. The predicted molar refractivity (Wildman–Crippen MR) is 97.6 cm³/mol. The number of amides is 2. The molecule has 2 amide bonds. The van der Waals surface area contributed by atoms with Gasteiger partial charge in [0.15, 0.2) is 0 Å². The summed E-state index contributed by atoms with van der Waals surface area (Å²) < 4.78 is 0. The molecule has 0 aliphatic carbocycles. The molecule has 0 bridgehead atoms. The first-order valence-electron chi connectivity index (χ1n) is 8.40. The first kappa shape index (κ1) is 19.2. The van der Waals surface area contributed by atoms with Crippen molar-refractivity contribution in [3.63, 3.8) is 0 Å². The maximum Gasteiger partial charge on any atom is 0.335 e. The average Bonchev–Trinajstić information content (AvgIpc) is 2.65. The maximum absolute atomic E-state index is 12.3. The van der Waals surface area contributed by atoms with E-state index in [9.17, 15) is 14.4 Å². The highest BCUT2D eigenvalue weighted by molar-refractivity contribution is 5.92. The largest absolute Gasteiger partial charge is 0.478 e. The van der Waals surface area contributed by atoms with Gasteiger partial charge in [0.25, 0.3) is 0 Å². The number of carbonyl (C=O) groups is 3. The third kappa shape index (κ3) is 5.44. The molecule has 6 nitrogen and oxygen atoms in total. The summed E-state index contributed by atoms with van der Waals surface area (Å²) in [6.07, 6.45) is -0.0828. The van der Waals surface area contributed by atoms with Gasteiger partial charge < -0.3 is 15.3 Å². The second-order valence-corrected chi connectivity index (χ2v) is 5.81. The molecular formula is C20H22N2O4. The summed E-state index contributed by atoms with van der Waals surface area (Å²) in [4.78, 5) is 37.2. The minimum Gasteiger partial charge on any atom is -0.478 e. The molecule has 2 N–H and O–H groups in total. The van der Waals surface area contributed by atoms with Crippen LogP contribution in [0.15, 0.2) is 54.6 Å². The number of hydrogen-bond acceptors (Lipinski definition) is 3. The van der Waals surface area contributed by atoms with Crippen LogP contribution in [-0.4, -0.2) is 40.9 Å². The van der Waals surface area contributed by atoms with Crippen LogP contribution in [0.3, 0.4) is 0 Å². The molecule has 2 aromatic rings. The van der Waals surface area contributed by atoms with E-state index in [1.165, 1.54) is 6.07 Å². The van der Waals surface area contributed by atoms with Crippen molar-refractivity contribution in [3.05, 3.63) is 71.3 Å². The molecule has 0 heterocycles. The van der Waals surface area contributed by atoms with Crippen LogP contribution in [0.5, 0.6) is 0 Å². The summed E-state index contributed by atoms with van der Waals surface area (Å²) in [7, 11) is 0. The van der Waals surface area contributed by atoms with Gasteiger partial charge >= 0.3 is 5.97 Å². The highest BCUT2D eigenvalue weighted by Crippen LogP contribution is 2.09. The molecule has 0 unspecified atom stereocenters. The van der Waals surface area contributed by atoms with Crippen LogP contribution in [0.1, 0.15) is 28.4 Å². The van der Waals surface area contributed by atoms with E-state index >= 15 is 0 Å². The molecular weight excluding hydrogens is 332 g/mol. The Hall–Kier alpha value is -3.15. The second kappa shape index (κ2) is 9.36. The molecule has 136 valence electrons. The van der Waals surface area contributed by atoms with E-state index in [1.807, 2.05) is 37.3 Å². The van der Waals surface area contributed by atoms with E-state index in [0.29, 0.717) is 18.7 Å². The lowest BCUT2D eigenvalue weighted by atomic mass is 10.0. The lowest BCUT2D eigenvalue weighted by Crippen LogP contribution is -2.40. The van der Waals surface area contributed by atoms with Crippen molar-refractivity contribution in [2.75, 3.05) is 13.1 Å². The predicted octanol–water partition coefficient (Wildman–Crippen LogP) is 2.09. The minimum atomic E-state index is -1.08. The van der Waals surface area contributed by atoms with Gasteiger partial charge in [0.2, 0.25) is 11.8 Å². The van der Waals surface area contributed by atoms with Crippen molar-refractivity contribution < 1.29 is 19.5 Å². The number of likely N-dealkylation sites (N-methyl/N-ethyl adjacent to an activating group) is 1. The van der Waals surface area contributed by atoms with Crippen LogP contribution in [-0.2, 0) is 22.6 Å². The number of carbonyl (C=O) groups excluding carboxylic acids is 2. The van der Waals surface area contributed by atoms with Crippen LogP contribution in [0.2, 0.25) is 0 Å². The molecule has 0 aliphatic rings. The highest BCUT2D eigenvalue weighted by Gasteiger charge is 2.15. The number of benzene rings is 2. The fourth-order valence-electron chi connectivity index (χ4n) is 2.58. The zero-order valence-corrected chi connectivity index (χ0v) is 14.6. The van der Waals surface area contributed by atoms with Gasteiger partial charge in [0, 0.05) is 13.1 Å². The molecule has 26 heavy (non-hydrogen) atoms. The summed E-state index contributed by atoms with van der Waals surface area (Å²) in [5.41, 5.74) is 1.53. The standard InChI is InChI=1S/C20H22N2O4/c1-2-22(14-15-8-4-3-5-9-15)19(24)13-21-18(23)12-16-10-6-7-11-17(16)20(25)26/h3-11H,2,12-14H2,1H3,(H,21,23)(H,25,26). The zero-order chi connectivity index (χ0) is 18.9. The lowest BCUT2D eigenvalue weighted by molar-refractivity contribution is -0.133. The quantitative estimate of drug-likeness (QED) is 0.760. The smallest absolute Gasteiger partial charge is 0.335 e. The van der Waals surface area contributed by atoms with E-state index in [4.69, 9.17) is 5.11 Å². The summed E-state index contributed by atoms with van der Waals surface area (Å²) in [6, 6.07) is 16.0. The number of hydrogen-bond donors (Lipinski definition) is 2. The van der Waals surface area contributed by atoms with Gasteiger partial charge in [0.05, 0.1) is 18.5 Å². The van der Waals surface area contributed by atoms with Gasteiger partial charge in [0.1, 0.15) is 0 Å². The van der Waals surface area contributed by atoms with Crippen molar-refractivity contribution >= 4 is 17.8 Å². The molecule has 0 aromatic heterocycles. The molecule has 6 heteroatoms. The third-order valence-electron chi connectivity index (χ3n) is 3.99. The Morgan fingerprint density at radius 3 is 2.31 bits per heavy atom. The van der Waals surface area contributed by atoms with Crippen molar-refractivity contribution in [1.29, 1.82) is 0 Å². The van der Waals surface area contributed by atoms with Gasteiger partial charge in [-0.25, -0.2) is 4.79 Å². The van der Waals surface area contributed by atoms with Crippen LogP contribution in [0, 0.1) is 0 Å². The molecule has 0 radical (unpaired) electrons. The fraction of sp³-hybridized carbons (Fsp3) is 0.250. The Morgan fingerprint density at radius 1 is 1.00 bits per heavy atom. The number of nitrogens with zero attached hydrogens (tertiary/aromatic N) is 1. The Labute approximate surface area is 152 Å². The number of carboxylic acids is 1. The monoisotopic (exact) mass is 354 g/mol. The number of aromatic carboxylic acids is 1. The van der Waals surface area contributed by atoms with E-state index in [-0.39, 0.29) is 30.3 Å². The minimum absolute atomic E-state index is 0.0828. The van der Waals surface area contributed by atoms with Crippen LogP contribution in [0.25, 0.3) is 0 Å². The van der Waals surface area contributed by atoms with Crippen LogP contribution >= 0.6 is 0 Å². The fourth-order valence-corrected chi connectivity index (χ4v) is 2.58. The summed E-state index contributed by atoms with van der Waals surface area (Å²) in [5, 5.41) is 11.7. The van der Waals surface area contributed by atoms with Crippen molar-refractivity contribution in [2.24, 2.45) is 0 Å². The molecule has 0 aliphatic heterocycles. The Kier molecular flexibility index (Phi) is 6.91. The first-order chi connectivity index (χ1) is 12.5. The Balaban J connectivity index is 1.90. The summed E-state index contributed by atoms with van der Waals surface area (Å²) in [5.74, 6) is -1.65. The maximum atomic E-state index is 12.3. The van der Waals surface area contributed by atoms with Crippen LogP contribution in [0.4, 0.5) is 0 Å². The van der Waals surface area contributed by atoms with E-state index in [2.05, 4.69) is 5.32 Å². The van der Waals surface area contributed by atoms with E-state index < -0.39 is 5.97 Å². The van der Waals surface area contributed by atoms with Gasteiger partial charge in [-0.3, -0.25) is 9.59 Å². The SMILES string of the molecule is CCN(Cc1ccccc1)C(=O)CNC(=O)Cc1ccccc1C(=O)O. The van der Waals surface area contributed by atoms with Crippen molar-refractivity contribution in [2.45, 2.75) is 19.9 Å². The summed E-state index contributed by atoms with van der Waals surface area (Å²) >= 11 is 0. The molecule has 2 aromatic carbocycles. The number of rotatable bonds is 8. The molecule has 0 atom stereocenters. The Bertz CT molecular complexity index is 774. The van der Waals surface area contributed by atoms with Crippen molar-refractivity contribution in [3.8, 4) is 0 Å². The van der Waals surface area contributed by atoms with E-state index in [0.717, 1.165) is 5.56 Å². The molecule has 2 rings (SSSR count). The normalized spacial score (nSPS) is 10.2. The van der Waals surface area contributed by atoms with Gasteiger partial charge in [-0.05, 0) is 24.1 Å². The second-order valence-electron chi connectivity index (χ2n) is 5.81. The Morgan fingerprint density at radius 2 is 1.65 bits per heavy atom. The topological polar surface area (TPSA) is 86.7 Å². The molecule has 0 saturated carbocycles. The molecule has 0 fully saturated rings. The van der Waals surface area contributed by atoms with Crippen LogP contribution < -0.4 is 5.32 Å². The third-order valence-corrected chi connectivity index (χ3v) is 3.99. The lowest BCUT2D eigenvalue weighted by Gasteiger charge is -2.21. The van der Waals surface area contributed by atoms with Gasteiger partial charge in [-0.2, -0.15) is 0 Å².